The molecule has 54 heavy (non-hydrogen) atoms. The molecule has 2 heterocycles. The molecule has 2 aliphatic heterocycles. The Morgan fingerprint density at radius 3 is 2.24 bits per heavy atom. The van der Waals surface area contributed by atoms with Gasteiger partial charge in [0.25, 0.3) is 0 Å². The first-order chi connectivity index (χ1) is 25.5. The molecule has 15 heteroatoms. The van der Waals surface area contributed by atoms with E-state index in [1.54, 1.807) is 54.1 Å². The fourth-order valence-corrected chi connectivity index (χ4v) is 9.56. The van der Waals surface area contributed by atoms with E-state index in [0.29, 0.717) is 37.4 Å². The standard InChI is InChI=1S/C39H64N5O9P/c1-9-24(4)35(43(6)39(48)33(23(2)3)42-38(47)34-27-17-18-28(21-27)40-34)30(52-7)22-32(45)44-19-13-16-29(44)36(53-8)25(5)37(46)41-31(54(49,50)51)20-26-14-11-10-12-15-26/h10-12,14-15,23-25,27-31,33-36,40H,9,13,16-22H2,1-8H3,(H,41,46)(H,42,47)(H2,49,50,51)/t24-,25+,27-,28+,29-,30+,31+,33-,34-,35-,36+/m0/s1. The van der Waals surface area contributed by atoms with Gasteiger partial charge in [-0.3, -0.25) is 23.7 Å². The summed E-state index contributed by atoms with van der Waals surface area (Å²) >= 11 is 0. The number of hydrogen-bond acceptors (Lipinski definition) is 8. The number of likely N-dealkylation sites (tertiary alicyclic amines) is 1. The first kappa shape index (κ1) is 43.9. The van der Waals surface area contributed by atoms with Gasteiger partial charge in [-0.2, -0.15) is 0 Å². The zero-order valence-corrected chi connectivity index (χ0v) is 34.2. The van der Waals surface area contributed by atoms with Crippen LogP contribution in [0.3, 0.4) is 0 Å². The first-order valence-corrected chi connectivity index (χ1v) is 21.3. The Morgan fingerprint density at radius 2 is 1.70 bits per heavy atom. The average molecular weight is 778 g/mol. The van der Waals surface area contributed by atoms with Crippen LogP contribution in [0.15, 0.2) is 30.3 Å². The Morgan fingerprint density at radius 1 is 1.02 bits per heavy atom. The highest BCUT2D eigenvalue weighted by atomic mass is 31.2. The Bertz CT molecular complexity index is 1480. The molecule has 0 spiro atoms. The first-order valence-electron chi connectivity index (χ1n) is 19.6. The van der Waals surface area contributed by atoms with Gasteiger partial charge in [-0.1, -0.05) is 71.4 Å². The third kappa shape index (κ3) is 10.5. The molecule has 0 aromatic heterocycles. The molecule has 4 rings (SSSR count). The van der Waals surface area contributed by atoms with Crippen LogP contribution in [0.4, 0.5) is 0 Å². The summed E-state index contributed by atoms with van der Waals surface area (Å²) in [7, 11) is 0.00784. The molecule has 1 saturated carbocycles. The lowest BCUT2D eigenvalue weighted by atomic mass is 9.89. The second kappa shape index (κ2) is 19.3. The predicted octanol–water partition coefficient (Wildman–Crippen LogP) is 3.05. The summed E-state index contributed by atoms with van der Waals surface area (Å²) in [6.45, 7) is 9.95. The zero-order chi connectivity index (χ0) is 39.9. The summed E-state index contributed by atoms with van der Waals surface area (Å²) in [4.78, 5) is 78.9. The van der Waals surface area contributed by atoms with Crippen molar-refractivity contribution >= 4 is 31.2 Å². The van der Waals surface area contributed by atoms with Crippen molar-refractivity contribution in [1.29, 1.82) is 0 Å². The van der Waals surface area contributed by atoms with E-state index in [0.717, 1.165) is 19.3 Å². The summed E-state index contributed by atoms with van der Waals surface area (Å²) in [5.41, 5.74) is 0.669. The summed E-state index contributed by atoms with van der Waals surface area (Å²) in [5, 5.41) is 9.04. The molecular weight excluding hydrogens is 713 g/mol. The van der Waals surface area contributed by atoms with Gasteiger partial charge in [0, 0.05) is 40.3 Å². The maximum absolute atomic E-state index is 14.2. The molecule has 4 amide bonds. The third-order valence-corrected chi connectivity index (χ3v) is 13.2. The molecule has 1 aromatic carbocycles. The van der Waals surface area contributed by atoms with Gasteiger partial charge in [0.2, 0.25) is 23.6 Å². The number of nitrogens with one attached hydrogen (secondary N) is 3. The molecule has 304 valence electrons. The number of methoxy groups -OCH3 is 2. The zero-order valence-electron chi connectivity index (χ0n) is 33.3. The lowest BCUT2D eigenvalue weighted by Crippen LogP contribution is -2.59. The minimum absolute atomic E-state index is 0.0260. The quantitative estimate of drug-likeness (QED) is 0.131. The minimum atomic E-state index is -4.71. The van der Waals surface area contributed by atoms with Gasteiger partial charge in [0.15, 0.2) is 0 Å². The normalized spacial score (nSPS) is 25.1. The van der Waals surface area contributed by atoms with E-state index < -0.39 is 55.5 Å². The lowest BCUT2D eigenvalue weighted by Gasteiger charge is -2.41. The summed E-state index contributed by atoms with van der Waals surface area (Å²) in [6.07, 6.45) is 3.55. The van der Waals surface area contributed by atoms with Crippen LogP contribution in [0.5, 0.6) is 0 Å². The molecule has 3 aliphatic rings. The van der Waals surface area contributed by atoms with Crippen LogP contribution >= 0.6 is 7.60 Å². The van der Waals surface area contributed by atoms with Crippen LogP contribution in [0, 0.1) is 23.7 Å². The van der Waals surface area contributed by atoms with Gasteiger partial charge in [-0.25, -0.2) is 0 Å². The van der Waals surface area contributed by atoms with Crippen LogP contribution in [0.25, 0.3) is 0 Å². The Labute approximate surface area is 321 Å². The average Bonchev–Trinajstić information content (AvgIpc) is 3.91. The molecule has 11 atom stereocenters. The lowest BCUT2D eigenvalue weighted by molar-refractivity contribution is -0.147. The van der Waals surface area contributed by atoms with E-state index in [4.69, 9.17) is 9.47 Å². The second-order valence-electron chi connectivity index (χ2n) is 16.0. The van der Waals surface area contributed by atoms with E-state index >= 15 is 0 Å². The Balaban J connectivity index is 1.46. The summed E-state index contributed by atoms with van der Waals surface area (Å²) < 4.78 is 24.3. The molecule has 1 aromatic rings. The Kier molecular flexibility index (Phi) is 15.7. The number of carbonyl (C=O) groups is 4. The molecule has 3 fully saturated rings. The van der Waals surface area contributed by atoms with Crippen molar-refractivity contribution in [3.05, 3.63) is 35.9 Å². The summed E-state index contributed by atoms with van der Waals surface area (Å²) in [5.74, 6) is -3.37. The number of hydrogen-bond donors (Lipinski definition) is 5. The monoisotopic (exact) mass is 777 g/mol. The number of fused-ring (bicyclic) bond motifs is 2. The van der Waals surface area contributed by atoms with Crippen LogP contribution in [-0.4, -0.2) is 119 Å². The molecule has 2 saturated heterocycles. The van der Waals surface area contributed by atoms with E-state index in [-0.39, 0.29) is 54.4 Å². The number of benzene rings is 1. The van der Waals surface area contributed by atoms with Gasteiger partial charge in [-0.15, -0.1) is 0 Å². The highest BCUT2D eigenvalue weighted by Crippen LogP contribution is 2.42. The van der Waals surface area contributed by atoms with Crippen molar-refractivity contribution in [3.63, 3.8) is 0 Å². The second-order valence-corrected chi connectivity index (χ2v) is 17.8. The van der Waals surface area contributed by atoms with Crippen molar-refractivity contribution < 1.29 is 43.0 Å². The van der Waals surface area contributed by atoms with Crippen LogP contribution in [0.2, 0.25) is 0 Å². The van der Waals surface area contributed by atoms with Crippen LogP contribution < -0.4 is 16.0 Å². The SMILES string of the molecule is CC[C@H](C)[C@@H]([C@@H](CC(=O)N1CCC[C@H]1[C@H](OC)[C@@H](C)C(=O)N[C@@H](Cc1ccccc1)P(=O)(O)O)OC)N(C)C(=O)[C@@H](NC(=O)[C@H]1N[C@@H]2CC[C@H]1C2)C(C)C. The van der Waals surface area contributed by atoms with Gasteiger partial charge in [0.05, 0.1) is 42.7 Å². The van der Waals surface area contributed by atoms with Crippen molar-refractivity contribution in [1.82, 2.24) is 25.8 Å². The number of ether oxygens (including phenoxy) is 2. The van der Waals surface area contributed by atoms with Crippen molar-refractivity contribution in [3.8, 4) is 0 Å². The van der Waals surface area contributed by atoms with Gasteiger partial charge in [-0.05, 0) is 55.4 Å². The highest BCUT2D eigenvalue weighted by molar-refractivity contribution is 7.52. The molecule has 0 unspecified atom stereocenters. The number of piperidine rings is 1. The smallest absolute Gasteiger partial charge is 0.347 e. The van der Waals surface area contributed by atoms with E-state index in [9.17, 15) is 33.5 Å². The maximum Gasteiger partial charge on any atom is 0.347 e. The van der Waals surface area contributed by atoms with Gasteiger partial charge < -0.3 is 45.0 Å². The fraction of sp³-hybridized carbons (Fsp3) is 0.744. The Hall–Kier alpha value is -2.87. The van der Waals surface area contributed by atoms with Crippen molar-refractivity contribution in [2.45, 2.75) is 134 Å². The van der Waals surface area contributed by atoms with E-state index in [1.807, 2.05) is 27.7 Å². The van der Waals surface area contributed by atoms with Crippen LogP contribution in [0.1, 0.15) is 85.1 Å². The summed E-state index contributed by atoms with van der Waals surface area (Å²) in [6, 6.07) is 7.17. The number of nitrogens with zero attached hydrogens (tertiary/aromatic N) is 2. The van der Waals surface area contributed by atoms with Gasteiger partial charge >= 0.3 is 7.60 Å². The van der Waals surface area contributed by atoms with Crippen molar-refractivity contribution in [2.24, 2.45) is 23.7 Å². The number of rotatable bonds is 19. The largest absolute Gasteiger partial charge is 0.379 e. The molecule has 5 N–H and O–H groups in total. The minimum Gasteiger partial charge on any atom is -0.379 e. The molecule has 14 nitrogen and oxygen atoms in total. The predicted molar refractivity (Wildman–Crippen MR) is 205 cm³/mol. The number of amides is 4. The van der Waals surface area contributed by atoms with E-state index in [1.165, 1.54) is 14.2 Å². The fourth-order valence-electron chi connectivity index (χ4n) is 8.82. The van der Waals surface area contributed by atoms with Crippen LogP contribution in [-0.2, 0) is 39.6 Å². The van der Waals surface area contributed by atoms with E-state index in [2.05, 4.69) is 16.0 Å². The maximum atomic E-state index is 14.2. The van der Waals surface area contributed by atoms with Crippen molar-refractivity contribution in [2.75, 3.05) is 27.8 Å². The highest BCUT2D eigenvalue weighted by Gasteiger charge is 2.46. The number of likely N-dealkylation sites (N-methyl/N-ethyl adjacent to an activating group) is 1. The molecule has 1 aliphatic carbocycles. The molecular formula is C39H64N5O9P. The third-order valence-electron chi connectivity index (χ3n) is 12.1. The van der Waals surface area contributed by atoms with Gasteiger partial charge in [0.1, 0.15) is 11.8 Å². The topological polar surface area (TPSA) is 187 Å². The number of carbonyl (C=O) groups excluding carboxylic acids is 4. The molecule has 2 bridgehead atoms. The molecule has 0 radical (unpaired) electrons.